The number of anilines is 1. The molecule has 35 heavy (non-hydrogen) atoms. The second kappa shape index (κ2) is 11.2. The number of halogens is 1. The molecule has 0 radical (unpaired) electrons. The van der Waals surface area contributed by atoms with Crippen LogP contribution in [-0.4, -0.2) is 23.5 Å². The number of furan rings is 1. The maximum Gasteiger partial charge on any atom is 0.305 e. The van der Waals surface area contributed by atoms with Crippen LogP contribution in [0.3, 0.4) is 0 Å². The molecule has 0 aliphatic heterocycles. The van der Waals surface area contributed by atoms with Crippen LogP contribution >= 0.6 is 0 Å². The fraction of sp³-hybridized carbons (Fsp3) is 0.357. The summed E-state index contributed by atoms with van der Waals surface area (Å²) in [5, 5.41) is 15.0. The van der Waals surface area contributed by atoms with E-state index >= 15 is 0 Å². The second-order valence-electron chi connectivity index (χ2n) is 9.13. The van der Waals surface area contributed by atoms with E-state index in [1.54, 1.807) is 24.3 Å². The van der Waals surface area contributed by atoms with Gasteiger partial charge in [-0.1, -0.05) is 19.3 Å². The molecule has 4 rings (SSSR count). The third-order valence-corrected chi connectivity index (χ3v) is 6.63. The van der Waals surface area contributed by atoms with Crippen molar-refractivity contribution in [1.29, 1.82) is 0 Å². The minimum atomic E-state index is -0.948. The van der Waals surface area contributed by atoms with E-state index in [0.717, 1.165) is 35.4 Å². The molecule has 3 aromatic rings. The van der Waals surface area contributed by atoms with E-state index in [1.165, 1.54) is 31.4 Å². The lowest BCUT2D eigenvalue weighted by molar-refractivity contribution is -0.136. The van der Waals surface area contributed by atoms with Crippen LogP contribution in [0.25, 0.3) is 11.3 Å². The summed E-state index contributed by atoms with van der Waals surface area (Å²) < 4.78 is 19.5. The van der Waals surface area contributed by atoms with Crippen LogP contribution in [0.1, 0.15) is 66.2 Å². The molecule has 0 bridgehead atoms. The minimum Gasteiger partial charge on any atom is -0.481 e. The van der Waals surface area contributed by atoms with Crippen molar-refractivity contribution in [1.82, 2.24) is 5.32 Å². The Morgan fingerprint density at radius 1 is 1.06 bits per heavy atom. The molecule has 1 saturated carbocycles. The lowest BCUT2D eigenvalue weighted by Gasteiger charge is -2.31. The molecule has 1 fully saturated rings. The molecule has 1 unspecified atom stereocenters. The first-order chi connectivity index (χ1) is 16.9. The fourth-order valence-electron chi connectivity index (χ4n) is 4.76. The number of hydrogen-bond acceptors (Lipinski definition) is 4. The van der Waals surface area contributed by atoms with Crippen molar-refractivity contribution in [2.75, 3.05) is 11.9 Å². The molecule has 0 spiro atoms. The van der Waals surface area contributed by atoms with Crippen LogP contribution in [0.5, 0.6) is 0 Å². The molecule has 6 nitrogen and oxygen atoms in total. The number of aliphatic carboxylic acids is 1. The number of carbonyl (C=O) groups is 2. The molecule has 3 N–H and O–H groups in total. The summed E-state index contributed by atoms with van der Waals surface area (Å²) in [6, 6.07) is 15.6. The number of rotatable bonds is 9. The van der Waals surface area contributed by atoms with E-state index in [0.29, 0.717) is 17.2 Å². The SMILES string of the molecule is Cc1oc(-c2ccc(F)cc2)cc1C(Nc1ccc(C(=O)NCCC(=O)O)cc1)C1CCCCC1. The molecule has 1 aromatic heterocycles. The van der Waals surface area contributed by atoms with Gasteiger partial charge in [-0.3, -0.25) is 9.59 Å². The van der Waals surface area contributed by atoms with E-state index in [4.69, 9.17) is 9.52 Å². The largest absolute Gasteiger partial charge is 0.481 e. The van der Waals surface area contributed by atoms with E-state index in [1.807, 2.05) is 19.1 Å². The van der Waals surface area contributed by atoms with E-state index in [9.17, 15) is 14.0 Å². The lowest BCUT2D eigenvalue weighted by atomic mass is 9.81. The summed E-state index contributed by atoms with van der Waals surface area (Å²) in [4.78, 5) is 22.9. The van der Waals surface area contributed by atoms with Crippen molar-refractivity contribution in [2.45, 2.75) is 51.5 Å². The van der Waals surface area contributed by atoms with Crippen molar-refractivity contribution in [3.05, 3.63) is 77.3 Å². The number of aryl methyl sites for hydroxylation is 1. The Labute approximate surface area is 204 Å². The number of nitrogens with one attached hydrogen (secondary N) is 2. The number of carboxylic acid groups (broad SMARTS) is 1. The fourth-order valence-corrected chi connectivity index (χ4v) is 4.76. The maximum atomic E-state index is 13.4. The quantitative estimate of drug-likeness (QED) is 0.334. The first-order valence-corrected chi connectivity index (χ1v) is 12.1. The average molecular weight is 479 g/mol. The summed E-state index contributed by atoms with van der Waals surface area (Å²) in [7, 11) is 0. The van der Waals surface area contributed by atoms with Crippen molar-refractivity contribution >= 4 is 17.6 Å². The third-order valence-electron chi connectivity index (χ3n) is 6.63. The van der Waals surface area contributed by atoms with Gasteiger partial charge in [-0.2, -0.15) is 0 Å². The molecule has 1 aliphatic rings. The van der Waals surface area contributed by atoms with Crippen LogP contribution in [0.2, 0.25) is 0 Å². The Hall–Kier alpha value is -3.61. The molecule has 1 heterocycles. The van der Waals surface area contributed by atoms with Gasteiger partial charge in [0.2, 0.25) is 0 Å². The Morgan fingerprint density at radius 2 is 1.74 bits per heavy atom. The molecular weight excluding hydrogens is 447 g/mol. The first-order valence-electron chi connectivity index (χ1n) is 12.1. The molecule has 1 aliphatic carbocycles. The van der Waals surface area contributed by atoms with Crippen LogP contribution in [0.15, 0.2) is 59.0 Å². The minimum absolute atomic E-state index is 0.0449. The van der Waals surface area contributed by atoms with Crippen LogP contribution in [0.4, 0.5) is 10.1 Å². The number of carboxylic acids is 1. The number of amides is 1. The van der Waals surface area contributed by atoms with E-state index < -0.39 is 5.97 Å². The Balaban J connectivity index is 1.54. The van der Waals surface area contributed by atoms with Crippen molar-refractivity contribution in [2.24, 2.45) is 5.92 Å². The molecule has 1 atom stereocenters. The summed E-state index contributed by atoms with van der Waals surface area (Å²) in [5.41, 5.74) is 3.30. The Kier molecular flexibility index (Phi) is 7.85. The third kappa shape index (κ3) is 6.29. The predicted octanol–water partition coefficient (Wildman–Crippen LogP) is 6.33. The predicted molar refractivity (Wildman–Crippen MR) is 133 cm³/mol. The second-order valence-corrected chi connectivity index (χ2v) is 9.13. The maximum absolute atomic E-state index is 13.4. The zero-order valence-corrected chi connectivity index (χ0v) is 19.9. The lowest BCUT2D eigenvalue weighted by Crippen LogP contribution is -2.26. The van der Waals surface area contributed by atoms with Gasteiger partial charge in [0.1, 0.15) is 17.3 Å². The van der Waals surface area contributed by atoms with Crippen LogP contribution in [-0.2, 0) is 4.79 Å². The normalized spacial score (nSPS) is 14.9. The van der Waals surface area contributed by atoms with Crippen LogP contribution < -0.4 is 10.6 Å². The van der Waals surface area contributed by atoms with Gasteiger partial charge >= 0.3 is 5.97 Å². The molecule has 184 valence electrons. The summed E-state index contributed by atoms with van der Waals surface area (Å²) in [5.74, 6) is 0.473. The topological polar surface area (TPSA) is 91.6 Å². The van der Waals surface area contributed by atoms with Crippen molar-refractivity contribution in [3.8, 4) is 11.3 Å². The van der Waals surface area contributed by atoms with Gasteiger partial charge in [0.25, 0.3) is 5.91 Å². The summed E-state index contributed by atoms with van der Waals surface area (Å²) in [6.07, 6.45) is 5.77. The molecule has 2 aromatic carbocycles. The Morgan fingerprint density at radius 3 is 2.40 bits per heavy atom. The van der Waals surface area contributed by atoms with Gasteiger partial charge < -0.3 is 20.2 Å². The average Bonchev–Trinajstić information content (AvgIpc) is 3.24. The highest BCUT2D eigenvalue weighted by Gasteiger charge is 2.28. The molecule has 1 amide bonds. The molecular formula is C28H31FN2O4. The summed E-state index contributed by atoms with van der Waals surface area (Å²) in [6.45, 7) is 2.05. The van der Waals surface area contributed by atoms with Gasteiger partial charge in [-0.05, 0) is 80.3 Å². The smallest absolute Gasteiger partial charge is 0.305 e. The highest BCUT2D eigenvalue weighted by atomic mass is 19.1. The van der Waals surface area contributed by atoms with E-state index in [2.05, 4.69) is 16.7 Å². The van der Waals surface area contributed by atoms with E-state index in [-0.39, 0.29) is 30.7 Å². The van der Waals surface area contributed by atoms with Gasteiger partial charge in [-0.25, -0.2) is 4.39 Å². The zero-order chi connectivity index (χ0) is 24.8. The van der Waals surface area contributed by atoms with Crippen molar-refractivity contribution in [3.63, 3.8) is 0 Å². The van der Waals surface area contributed by atoms with Crippen LogP contribution in [0, 0.1) is 18.7 Å². The zero-order valence-electron chi connectivity index (χ0n) is 19.9. The molecule has 0 saturated heterocycles. The van der Waals surface area contributed by atoms with Gasteiger partial charge in [-0.15, -0.1) is 0 Å². The Bertz CT molecular complexity index is 1150. The van der Waals surface area contributed by atoms with Gasteiger partial charge in [0.05, 0.1) is 12.5 Å². The van der Waals surface area contributed by atoms with Crippen molar-refractivity contribution < 1.29 is 23.5 Å². The highest BCUT2D eigenvalue weighted by Crippen LogP contribution is 2.40. The van der Waals surface area contributed by atoms with Gasteiger partial charge in [0, 0.05) is 28.9 Å². The highest BCUT2D eigenvalue weighted by molar-refractivity contribution is 5.94. The number of hydrogen-bond donors (Lipinski definition) is 3. The summed E-state index contributed by atoms with van der Waals surface area (Å²) >= 11 is 0. The standard InChI is InChI=1S/C28H31FN2O4/c1-18-24(17-25(35-18)19-7-11-22(29)12-8-19)27(20-5-3-2-4-6-20)31-23-13-9-21(10-14-23)28(34)30-16-15-26(32)33/h7-14,17,20,27,31H,2-6,15-16H2,1H3,(H,30,34)(H,32,33). The molecule has 7 heteroatoms. The number of carbonyl (C=O) groups excluding carboxylic acids is 1. The first kappa shape index (κ1) is 24.5. The van der Waals surface area contributed by atoms with Gasteiger partial charge in [0.15, 0.2) is 0 Å². The monoisotopic (exact) mass is 478 g/mol. The number of benzene rings is 2.